The predicted molar refractivity (Wildman–Crippen MR) is 82.0 cm³/mol. The molecule has 3 nitrogen and oxygen atoms in total. The minimum Gasteiger partial charge on any atom is -0.382 e. The molecule has 3 aromatic rings. The number of benzene rings is 2. The Kier molecular flexibility index (Phi) is 2.69. The first-order chi connectivity index (χ1) is 9.88. The fraction of sp³-hybridized carbons (Fsp3) is 0.235. The molecule has 1 aliphatic carbocycles. The molecule has 0 radical (unpaired) electrons. The summed E-state index contributed by atoms with van der Waals surface area (Å²) < 4.78 is 0. The van der Waals surface area contributed by atoms with Gasteiger partial charge in [0.15, 0.2) is 0 Å². The number of nitrogens with one attached hydrogen (secondary N) is 2. The highest BCUT2D eigenvalue weighted by Gasteiger charge is 2.17. The average molecular weight is 263 g/mol. The highest BCUT2D eigenvalue weighted by atomic mass is 15.1. The summed E-state index contributed by atoms with van der Waals surface area (Å²) >= 11 is 0. The van der Waals surface area contributed by atoms with Gasteiger partial charge in [0.05, 0.1) is 11.7 Å². The maximum absolute atomic E-state index is 4.07. The van der Waals surface area contributed by atoms with Gasteiger partial charge in [0.2, 0.25) is 0 Å². The van der Waals surface area contributed by atoms with Crippen molar-refractivity contribution < 1.29 is 0 Å². The number of H-pyrrole nitrogens is 1. The van der Waals surface area contributed by atoms with Crippen molar-refractivity contribution in [1.82, 2.24) is 10.2 Å². The molecule has 4 rings (SSSR count). The molecule has 1 aliphatic rings. The van der Waals surface area contributed by atoms with Gasteiger partial charge in [0.1, 0.15) is 0 Å². The van der Waals surface area contributed by atoms with Gasteiger partial charge in [-0.2, -0.15) is 5.10 Å². The summed E-state index contributed by atoms with van der Waals surface area (Å²) in [6.07, 6.45) is 5.35. The summed E-state index contributed by atoms with van der Waals surface area (Å²) in [5.41, 5.74) is 5.27. The van der Waals surface area contributed by atoms with E-state index in [2.05, 4.69) is 58.0 Å². The van der Waals surface area contributed by atoms with Gasteiger partial charge < -0.3 is 5.32 Å². The number of hydrogen-bond acceptors (Lipinski definition) is 2. The predicted octanol–water partition coefficient (Wildman–Crippen LogP) is 3.53. The molecule has 1 unspecified atom stereocenters. The Labute approximate surface area is 118 Å². The lowest BCUT2D eigenvalue weighted by Gasteiger charge is -2.26. The van der Waals surface area contributed by atoms with Gasteiger partial charge in [-0.05, 0) is 48.6 Å². The lowest BCUT2D eigenvalue weighted by molar-refractivity contribution is 0.611. The number of fused-ring (bicyclic) bond motifs is 2. The minimum atomic E-state index is 0.522. The van der Waals surface area contributed by atoms with Gasteiger partial charge in [0.25, 0.3) is 0 Å². The lowest BCUT2D eigenvalue weighted by atomic mass is 9.88. The summed E-state index contributed by atoms with van der Waals surface area (Å²) in [6, 6.07) is 15.7. The molecule has 0 bridgehead atoms. The van der Waals surface area contributed by atoms with Gasteiger partial charge in [-0.15, -0.1) is 0 Å². The van der Waals surface area contributed by atoms with E-state index in [0.717, 1.165) is 17.3 Å². The SMILES string of the molecule is c1ccc2c(c1)CCC(Nc1ccc3[nH]ncc3c1)C2. The zero-order valence-corrected chi connectivity index (χ0v) is 11.3. The van der Waals surface area contributed by atoms with E-state index in [0.29, 0.717) is 6.04 Å². The van der Waals surface area contributed by atoms with Crippen molar-refractivity contribution >= 4 is 16.6 Å². The molecule has 0 aliphatic heterocycles. The summed E-state index contributed by atoms with van der Waals surface area (Å²) in [5.74, 6) is 0. The zero-order chi connectivity index (χ0) is 13.4. The Hall–Kier alpha value is -2.29. The molecular formula is C17H17N3. The van der Waals surface area contributed by atoms with Gasteiger partial charge in [-0.3, -0.25) is 5.10 Å². The van der Waals surface area contributed by atoms with Crippen LogP contribution in [0.5, 0.6) is 0 Å². The van der Waals surface area contributed by atoms with Crippen molar-refractivity contribution in [3.05, 3.63) is 59.8 Å². The van der Waals surface area contributed by atoms with Crippen molar-refractivity contribution in [3.8, 4) is 0 Å². The normalized spacial score (nSPS) is 17.9. The van der Waals surface area contributed by atoms with Crippen LogP contribution >= 0.6 is 0 Å². The van der Waals surface area contributed by atoms with Crippen LogP contribution in [0.1, 0.15) is 17.5 Å². The van der Waals surface area contributed by atoms with Crippen molar-refractivity contribution in [2.24, 2.45) is 0 Å². The van der Waals surface area contributed by atoms with Crippen LogP contribution in [0.4, 0.5) is 5.69 Å². The Balaban J connectivity index is 1.55. The number of rotatable bonds is 2. The quantitative estimate of drug-likeness (QED) is 0.742. The first kappa shape index (κ1) is 11.5. The molecular weight excluding hydrogens is 246 g/mol. The third-order valence-corrected chi connectivity index (χ3v) is 4.16. The molecule has 0 amide bonds. The minimum absolute atomic E-state index is 0.522. The van der Waals surface area contributed by atoms with E-state index in [9.17, 15) is 0 Å². The number of anilines is 1. The molecule has 0 fully saturated rings. The maximum atomic E-state index is 4.07. The van der Waals surface area contributed by atoms with E-state index in [1.807, 2.05) is 6.20 Å². The average Bonchev–Trinajstić information content (AvgIpc) is 2.95. The van der Waals surface area contributed by atoms with Crippen molar-refractivity contribution in [2.75, 3.05) is 5.32 Å². The fourth-order valence-corrected chi connectivity index (χ4v) is 3.09. The monoisotopic (exact) mass is 263 g/mol. The number of nitrogens with zero attached hydrogens (tertiary/aromatic N) is 1. The summed E-state index contributed by atoms with van der Waals surface area (Å²) in [5, 5.41) is 11.9. The number of hydrogen-bond donors (Lipinski definition) is 2. The van der Waals surface area contributed by atoms with E-state index >= 15 is 0 Å². The molecule has 20 heavy (non-hydrogen) atoms. The Morgan fingerprint density at radius 3 is 2.95 bits per heavy atom. The van der Waals surface area contributed by atoms with E-state index in [1.54, 1.807) is 0 Å². The second kappa shape index (κ2) is 4.67. The van der Waals surface area contributed by atoms with Crippen LogP contribution in [0.25, 0.3) is 10.9 Å². The Morgan fingerprint density at radius 2 is 2.00 bits per heavy atom. The Morgan fingerprint density at radius 1 is 1.10 bits per heavy atom. The van der Waals surface area contributed by atoms with Crippen LogP contribution < -0.4 is 5.32 Å². The van der Waals surface area contributed by atoms with E-state index in [-0.39, 0.29) is 0 Å². The van der Waals surface area contributed by atoms with Gasteiger partial charge >= 0.3 is 0 Å². The molecule has 3 heteroatoms. The fourth-order valence-electron chi connectivity index (χ4n) is 3.09. The summed E-state index contributed by atoms with van der Waals surface area (Å²) in [4.78, 5) is 0. The van der Waals surface area contributed by atoms with Crippen LogP contribution in [0.15, 0.2) is 48.7 Å². The molecule has 1 aromatic heterocycles. The third kappa shape index (κ3) is 2.05. The van der Waals surface area contributed by atoms with Gasteiger partial charge in [-0.1, -0.05) is 24.3 Å². The van der Waals surface area contributed by atoms with Crippen LogP contribution in [0.3, 0.4) is 0 Å². The van der Waals surface area contributed by atoms with E-state index < -0.39 is 0 Å². The molecule has 0 saturated carbocycles. The van der Waals surface area contributed by atoms with Crippen molar-refractivity contribution in [2.45, 2.75) is 25.3 Å². The molecule has 100 valence electrons. The number of aryl methyl sites for hydroxylation is 1. The van der Waals surface area contributed by atoms with E-state index in [4.69, 9.17) is 0 Å². The molecule has 2 N–H and O–H groups in total. The molecule has 1 heterocycles. The van der Waals surface area contributed by atoms with Crippen LogP contribution in [-0.4, -0.2) is 16.2 Å². The summed E-state index contributed by atoms with van der Waals surface area (Å²) in [7, 11) is 0. The Bertz CT molecular complexity index is 745. The van der Waals surface area contributed by atoms with Gasteiger partial charge in [0, 0.05) is 17.1 Å². The number of aromatic nitrogens is 2. The highest BCUT2D eigenvalue weighted by Crippen LogP contribution is 2.24. The van der Waals surface area contributed by atoms with Crippen LogP contribution in [0, 0.1) is 0 Å². The van der Waals surface area contributed by atoms with E-state index in [1.165, 1.54) is 29.7 Å². The molecule has 1 atom stereocenters. The third-order valence-electron chi connectivity index (χ3n) is 4.16. The first-order valence-electron chi connectivity index (χ1n) is 7.15. The second-order valence-electron chi connectivity index (χ2n) is 5.52. The maximum Gasteiger partial charge on any atom is 0.0651 e. The molecule has 2 aromatic carbocycles. The molecule has 0 spiro atoms. The number of aromatic amines is 1. The largest absolute Gasteiger partial charge is 0.382 e. The topological polar surface area (TPSA) is 40.7 Å². The standard InChI is InChI=1S/C17H17N3/c1-2-4-13-9-15(6-5-12(13)3-1)19-16-7-8-17-14(10-16)11-18-20-17/h1-4,7-8,10-11,15,19H,5-6,9H2,(H,18,20). The van der Waals surface area contributed by atoms with Crippen LogP contribution in [-0.2, 0) is 12.8 Å². The van der Waals surface area contributed by atoms with Crippen molar-refractivity contribution in [1.29, 1.82) is 0 Å². The summed E-state index contributed by atoms with van der Waals surface area (Å²) in [6.45, 7) is 0. The first-order valence-corrected chi connectivity index (χ1v) is 7.15. The van der Waals surface area contributed by atoms with Crippen molar-refractivity contribution in [3.63, 3.8) is 0 Å². The van der Waals surface area contributed by atoms with Crippen LogP contribution in [0.2, 0.25) is 0 Å². The smallest absolute Gasteiger partial charge is 0.0651 e. The second-order valence-corrected chi connectivity index (χ2v) is 5.52. The lowest BCUT2D eigenvalue weighted by Crippen LogP contribution is -2.27. The zero-order valence-electron chi connectivity index (χ0n) is 11.3. The van der Waals surface area contributed by atoms with Gasteiger partial charge in [-0.25, -0.2) is 0 Å². The highest BCUT2D eigenvalue weighted by molar-refractivity contribution is 5.81. The molecule has 0 saturated heterocycles.